The van der Waals surface area contributed by atoms with Crippen LogP contribution < -0.4 is 5.32 Å². The van der Waals surface area contributed by atoms with Crippen molar-refractivity contribution in [3.63, 3.8) is 0 Å². The van der Waals surface area contributed by atoms with Gasteiger partial charge in [-0.25, -0.2) is 0 Å². The van der Waals surface area contributed by atoms with E-state index in [0.29, 0.717) is 6.54 Å². The molecule has 122 valence electrons. The summed E-state index contributed by atoms with van der Waals surface area (Å²) in [5, 5.41) is 13.8. The van der Waals surface area contributed by atoms with E-state index in [0.717, 1.165) is 37.7 Å². The van der Waals surface area contributed by atoms with Crippen LogP contribution in [0.15, 0.2) is 17.5 Å². The fourth-order valence-corrected chi connectivity index (χ4v) is 3.31. The molecule has 1 aliphatic rings. The lowest BCUT2D eigenvalue weighted by molar-refractivity contribution is -0.137. The Bertz CT molecular complexity index is 472. The average Bonchev–Trinajstić information content (AvgIpc) is 3.01. The van der Waals surface area contributed by atoms with Gasteiger partial charge in [-0.3, -0.25) is 14.5 Å². The third kappa shape index (κ3) is 5.75. The van der Waals surface area contributed by atoms with Crippen LogP contribution in [0.1, 0.15) is 23.6 Å². The van der Waals surface area contributed by atoms with Gasteiger partial charge in [-0.1, -0.05) is 6.07 Å². The van der Waals surface area contributed by atoms with Crippen LogP contribution in [0.2, 0.25) is 0 Å². The smallest absolute Gasteiger partial charge is 0.304 e. The van der Waals surface area contributed by atoms with Gasteiger partial charge in [0.1, 0.15) is 0 Å². The Morgan fingerprint density at radius 2 is 2.14 bits per heavy atom. The number of nitrogens with one attached hydrogen (secondary N) is 1. The molecule has 2 N–H and O–H groups in total. The first-order chi connectivity index (χ1) is 10.6. The summed E-state index contributed by atoms with van der Waals surface area (Å²) in [6.45, 7) is 4.67. The highest BCUT2D eigenvalue weighted by Gasteiger charge is 2.20. The van der Waals surface area contributed by atoms with Crippen LogP contribution >= 0.6 is 11.3 Å². The molecule has 1 atom stereocenters. The molecule has 1 saturated heterocycles. The van der Waals surface area contributed by atoms with Gasteiger partial charge >= 0.3 is 5.97 Å². The van der Waals surface area contributed by atoms with Crippen LogP contribution in [0.5, 0.6) is 0 Å². The number of ether oxygens (including phenoxy) is 1. The van der Waals surface area contributed by atoms with Crippen molar-refractivity contribution in [3.8, 4) is 0 Å². The highest BCUT2D eigenvalue weighted by Crippen LogP contribution is 2.27. The molecule has 22 heavy (non-hydrogen) atoms. The third-order valence-corrected chi connectivity index (χ3v) is 4.69. The number of carbonyl (C=O) groups is 2. The summed E-state index contributed by atoms with van der Waals surface area (Å²) in [5.74, 6) is -1.21. The zero-order valence-corrected chi connectivity index (χ0v) is 13.3. The van der Waals surface area contributed by atoms with E-state index >= 15 is 0 Å². The Hall–Kier alpha value is -1.44. The zero-order chi connectivity index (χ0) is 15.8. The van der Waals surface area contributed by atoms with Crippen molar-refractivity contribution in [3.05, 3.63) is 22.4 Å². The number of carboxylic acids is 1. The molecule has 6 nitrogen and oxygen atoms in total. The van der Waals surface area contributed by atoms with Crippen molar-refractivity contribution in [1.29, 1.82) is 0 Å². The Balaban J connectivity index is 1.74. The van der Waals surface area contributed by atoms with E-state index in [4.69, 9.17) is 9.84 Å². The zero-order valence-electron chi connectivity index (χ0n) is 12.5. The number of rotatable bonds is 8. The summed E-state index contributed by atoms with van der Waals surface area (Å²) in [7, 11) is 0. The van der Waals surface area contributed by atoms with Gasteiger partial charge < -0.3 is 15.2 Å². The van der Waals surface area contributed by atoms with Crippen molar-refractivity contribution in [2.24, 2.45) is 0 Å². The molecule has 0 aliphatic carbocycles. The topological polar surface area (TPSA) is 78.9 Å². The van der Waals surface area contributed by atoms with Crippen LogP contribution in [-0.2, 0) is 14.3 Å². The van der Waals surface area contributed by atoms with Crippen molar-refractivity contribution < 1.29 is 19.4 Å². The summed E-state index contributed by atoms with van der Waals surface area (Å²) in [5.41, 5.74) is 0. The van der Waals surface area contributed by atoms with E-state index in [-0.39, 0.29) is 24.7 Å². The quantitative estimate of drug-likeness (QED) is 0.749. The maximum Gasteiger partial charge on any atom is 0.304 e. The van der Waals surface area contributed by atoms with Gasteiger partial charge in [-0.2, -0.15) is 0 Å². The number of aliphatic carboxylic acids is 1. The van der Waals surface area contributed by atoms with E-state index in [1.54, 1.807) is 0 Å². The molecule has 2 rings (SSSR count). The fraction of sp³-hybridized carbons (Fsp3) is 0.600. The van der Waals surface area contributed by atoms with Gasteiger partial charge in [-0.15, -0.1) is 11.3 Å². The second-order valence-corrected chi connectivity index (χ2v) is 6.30. The number of hydrogen-bond acceptors (Lipinski definition) is 5. The lowest BCUT2D eigenvalue weighted by atomic mass is 9.99. The number of hydrogen-bond donors (Lipinski definition) is 2. The molecule has 1 unspecified atom stereocenters. The van der Waals surface area contributed by atoms with Crippen molar-refractivity contribution in [1.82, 2.24) is 10.2 Å². The summed E-state index contributed by atoms with van der Waals surface area (Å²) in [6, 6.07) is 3.77. The number of nitrogens with zero attached hydrogens (tertiary/aromatic N) is 1. The summed E-state index contributed by atoms with van der Waals surface area (Å²) >= 11 is 1.50. The highest BCUT2D eigenvalue weighted by molar-refractivity contribution is 7.10. The van der Waals surface area contributed by atoms with E-state index in [1.807, 2.05) is 17.5 Å². The van der Waals surface area contributed by atoms with E-state index < -0.39 is 5.97 Å². The monoisotopic (exact) mass is 326 g/mol. The molecule has 1 aromatic rings. The Kier molecular flexibility index (Phi) is 6.82. The highest BCUT2D eigenvalue weighted by atomic mass is 32.1. The lowest BCUT2D eigenvalue weighted by Crippen LogP contribution is -2.41. The molecule has 0 radical (unpaired) electrons. The molecule has 1 fully saturated rings. The Labute approximate surface area is 134 Å². The van der Waals surface area contributed by atoms with Crippen molar-refractivity contribution in [2.75, 3.05) is 39.4 Å². The number of morpholine rings is 1. The molecule has 0 aromatic carbocycles. The van der Waals surface area contributed by atoms with Crippen LogP contribution in [-0.4, -0.2) is 61.3 Å². The van der Waals surface area contributed by atoms with Gasteiger partial charge in [0.25, 0.3) is 0 Å². The van der Waals surface area contributed by atoms with E-state index in [9.17, 15) is 9.59 Å². The molecular formula is C15H22N2O4S. The largest absolute Gasteiger partial charge is 0.481 e. The molecule has 7 heteroatoms. The second-order valence-electron chi connectivity index (χ2n) is 5.32. The Morgan fingerprint density at radius 3 is 2.77 bits per heavy atom. The Morgan fingerprint density at radius 1 is 1.36 bits per heavy atom. The SMILES string of the molecule is O=C(O)CC(CC(=O)NCCN1CCOCC1)c1cccs1. The summed E-state index contributed by atoms with van der Waals surface area (Å²) < 4.78 is 5.27. The minimum Gasteiger partial charge on any atom is -0.481 e. The molecular weight excluding hydrogens is 304 g/mol. The van der Waals surface area contributed by atoms with Crippen LogP contribution in [0.3, 0.4) is 0 Å². The number of carbonyl (C=O) groups excluding carboxylic acids is 1. The van der Waals surface area contributed by atoms with E-state index in [2.05, 4.69) is 10.2 Å². The molecule has 0 saturated carbocycles. The van der Waals surface area contributed by atoms with Crippen LogP contribution in [0, 0.1) is 0 Å². The van der Waals surface area contributed by atoms with Gasteiger partial charge in [0.2, 0.25) is 5.91 Å². The average molecular weight is 326 g/mol. The van der Waals surface area contributed by atoms with Gasteiger partial charge in [0.05, 0.1) is 19.6 Å². The standard InChI is InChI=1S/C15H22N2O4S/c18-14(16-3-4-17-5-7-21-8-6-17)10-12(11-15(19)20)13-2-1-9-22-13/h1-2,9,12H,3-8,10-11H2,(H,16,18)(H,19,20). The van der Waals surface area contributed by atoms with Gasteiger partial charge in [-0.05, 0) is 11.4 Å². The molecule has 1 aliphatic heterocycles. The first-order valence-electron chi connectivity index (χ1n) is 7.47. The first kappa shape index (κ1) is 16.9. The molecule has 1 amide bonds. The molecule has 0 bridgehead atoms. The number of carboxylic acid groups (broad SMARTS) is 1. The fourth-order valence-electron chi connectivity index (χ4n) is 2.48. The predicted octanol–water partition coefficient (Wildman–Crippen LogP) is 1.14. The van der Waals surface area contributed by atoms with Crippen molar-refractivity contribution in [2.45, 2.75) is 18.8 Å². The van der Waals surface area contributed by atoms with Crippen LogP contribution in [0.4, 0.5) is 0 Å². The van der Waals surface area contributed by atoms with Crippen LogP contribution in [0.25, 0.3) is 0 Å². The molecule has 0 spiro atoms. The lowest BCUT2D eigenvalue weighted by Gasteiger charge is -2.26. The van der Waals surface area contributed by atoms with E-state index in [1.165, 1.54) is 11.3 Å². The normalized spacial score (nSPS) is 17.1. The minimum atomic E-state index is -0.875. The minimum absolute atomic E-state index is 0.0165. The summed E-state index contributed by atoms with van der Waals surface area (Å²) in [4.78, 5) is 26.2. The molecule has 2 heterocycles. The number of amides is 1. The number of thiophene rings is 1. The molecule has 1 aromatic heterocycles. The van der Waals surface area contributed by atoms with Crippen molar-refractivity contribution >= 4 is 23.2 Å². The third-order valence-electron chi connectivity index (χ3n) is 3.65. The second kappa shape index (κ2) is 8.87. The predicted molar refractivity (Wildman–Crippen MR) is 84.2 cm³/mol. The van der Waals surface area contributed by atoms with Gasteiger partial charge in [0.15, 0.2) is 0 Å². The maximum atomic E-state index is 12.0. The maximum absolute atomic E-state index is 12.0. The van der Waals surface area contributed by atoms with Gasteiger partial charge in [0, 0.05) is 43.4 Å². The first-order valence-corrected chi connectivity index (χ1v) is 8.35. The summed E-state index contributed by atoms with van der Waals surface area (Å²) in [6.07, 6.45) is 0.202.